The van der Waals surface area contributed by atoms with Crippen LogP contribution in [0.25, 0.3) is 5.32 Å². The van der Waals surface area contributed by atoms with E-state index in [4.69, 9.17) is 0 Å². The molecule has 56 valence electrons. The summed E-state index contributed by atoms with van der Waals surface area (Å²) in [5.74, 6) is 0. The zero-order valence-corrected chi connectivity index (χ0v) is 8.56. The molecular formula is C6H15ClNTi-. The molecule has 0 heterocycles. The summed E-state index contributed by atoms with van der Waals surface area (Å²) >= 11 is 0. The SMILES string of the molecule is CCC[N-]CCC.Cl.[Ti]. The maximum atomic E-state index is 4.21. The second-order valence-electron chi connectivity index (χ2n) is 1.67. The smallest absolute Gasteiger partial charge is 0 e. The molecule has 0 radical (unpaired) electrons. The van der Waals surface area contributed by atoms with Crippen LogP contribution in [0.5, 0.6) is 0 Å². The summed E-state index contributed by atoms with van der Waals surface area (Å²) in [6.45, 7) is 6.40. The summed E-state index contributed by atoms with van der Waals surface area (Å²) in [7, 11) is 0. The molecule has 3 heteroatoms. The maximum absolute atomic E-state index is 4.21. The van der Waals surface area contributed by atoms with Crippen LogP contribution in [0.4, 0.5) is 0 Å². The molecule has 0 saturated heterocycles. The van der Waals surface area contributed by atoms with Gasteiger partial charge in [0.1, 0.15) is 0 Å². The van der Waals surface area contributed by atoms with Crippen molar-refractivity contribution in [3.63, 3.8) is 0 Å². The zero-order chi connectivity index (χ0) is 5.54. The van der Waals surface area contributed by atoms with Crippen molar-refractivity contribution in [2.45, 2.75) is 26.7 Å². The van der Waals surface area contributed by atoms with E-state index in [0.717, 1.165) is 13.1 Å². The van der Waals surface area contributed by atoms with Crippen LogP contribution in [0, 0.1) is 0 Å². The van der Waals surface area contributed by atoms with Gasteiger partial charge in [-0.25, -0.2) is 0 Å². The van der Waals surface area contributed by atoms with Crippen molar-refractivity contribution in [2.24, 2.45) is 0 Å². The van der Waals surface area contributed by atoms with E-state index in [0.29, 0.717) is 0 Å². The predicted molar refractivity (Wildman–Crippen MR) is 40.9 cm³/mol. The predicted octanol–water partition coefficient (Wildman–Crippen LogP) is 2.60. The third kappa shape index (κ3) is 17.6. The molecule has 0 unspecified atom stereocenters. The van der Waals surface area contributed by atoms with Gasteiger partial charge < -0.3 is 5.32 Å². The van der Waals surface area contributed by atoms with Crippen LogP contribution < -0.4 is 0 Å². The second-order valence-corrected chi connectivity index (χ2v) is 1.67. The van der Waals surface area contributed by atoms with Crippen molar-refractivity contribution >= 4 is 12.4 Å². The molecule has 0 aromatic rings. The van der Waals surface area contributed by atoms with Crippen LogP contribution in [0.15, 0.2) is 0 Å². The molecule has 0 spiro atoms. The fourth-order valence-electron chi connectivity index (χ4n) is 0.428. The van der Waals surface area contributed by atoms with Gasteiger partial charge in [-0.1, -0.05) is 26.7 Å². The van der Waals surface area contributed by atoms with Crippen molar-refractivity contribution in [3.05, 3.63) is 5.32 Å². The quantitative estimate of drug-likeness (QED) is 0.471. The first-order chi connectivity index (χ1) is 3.41. The fourth-order valence-corrected chi connectivity index (χ4v) is 0.428. The Morgan fingerprint density at radius 2 is 1.33 bits per heavy atom. The van der Waals surface area contributed by atoms with Gasteiger partial charge in [0.05, 0.1) is 0 Å². The minimum Gasteiger partial charge on any atom is -0.662 e. The summed E-state index contributed by atoms with van der Waals surface area (Å²) in [6, 6.07) is 0. The third-order valence-corrected chi connectivity index (χ3v) is 0.763. The topological polar surface area (TPSA) is 14.1 Å². The Bertz CT molecular complexity index is 32.2. The molecule has 0 fully saturated rings. The zero-order valence-electron chi connectivity index (χ0n) is 6.18. The molecule has 0 atom stereocenters. The maximum Gasteiger partial charge on any atom is 0 e. The summed E-state index contributed by atoms with van der Waals surface area (Å²) in [6.07, 6.45) is 2.39. The minimum absolute atomic E-state index is 0. The van der Waals surface area contributed by atoms with Crippen molar-refractivity contribution in [2.75, 3.05) is 13.1 Å². The molecule has 0 amide bonds. The minimum atomic E-state index is 0. The van der Waals surface area contributed by atoms with Crippen LogP contribution in [-0.2, 0) is 21.7 Å². The average molecular weight is 185 g/mol. The molecule has 0 aliphatic rings. The normalized spacial score (nSPS) is 7.33. The summed E-state index contributed by atoms with van der Waals surface area (Å²) in [5.41, 5.74) is 0. The summed E-state index contributed by atoms with van der Waals surface area (Å²) in [4.78, 5) is 0. The van der Waals surface area contributed by atoms with Gasteiger partial charge >= 0.3 is 0 Å². The molecule has 0 N–H and O–H groups in total. The average Bonchev–Trinajstić information content (AvgIpc) is 1.69. The van der Waals surface area contributed by atoms with Gasteiger partial charge in [0, 0.05) is 21.7 Å². The molecule has 0 aromatic heterocycles. The third-order valence-electron chi connectivity index (χ3n) is 0.763. The van der Waals surface area contributed by atoms with Crippen molar-refractivity contribution < 1.29 is 21.7 Å². The van der Waals surface area contributed by atoms with E-state index in [1.165, 1.54) is 12.8 Å². The van der Waals surface area contributed by atoms with Gasteiger partial charge in [-0.15, -0.1) is 25.5 Å². The monoisotopic (exact) mass is 184 g/mol. The number of rotatable bonds is 4. The van der Waals surface area contributed by atoms with E-state index in [9.17, 15) is 0 Å². The molecule has 0 aliphatic heterocycles. The van der Waals surface area contributed by atoms with Crippen molar-refractivity contribution in [3.8, 4) is 0 Å². The molecule has 0 bridgehead atoms. The van der Waals surface area contributed by atoms with Crippen molar-refractivity contribution in [1.82, 2.24) is 0 Å². The number of hydrogen-bond donors (Lipinski definition) is 0. The molecular weight excluding hydrogens is 169 g/mol. The number of nitrogens with zero attached hydrogens (tertiary/aromatic N) is 1. The van der Waals surface area contributed by atoms with Gasteiger partial charge in [0.2, 0.25) is 0 Å². The molecule has 0 rings (SSSR count). The Kier molecular flexibility index (Phi) is 29.3. The first-order valence-electron chi connectivity index (χ1n) is 3.05. The first kappa shape index (κ1) is 16.5. The van der Waals surface area contributed by atoms with Crippen LogP contribution in [0.3, 0.4) is 0 Å². The molecule has 0 aliphatic carbocycles. The molecule has 9 heavy (non-hydrogen) atoms. The Balaban J connectivity index is -0.000000180. The Hall–Kier alpha value is 0.964. The Morgan fingerprint density at radius 3 is 1.56 bits per heavy atom. The first-order valence-corrected chi connectivity index (χ1v) is 3.05. The summed E-state index contributed by atoms with van der Waals surface area (Å²) in [5, 5.41) is 4.21. The Morgan fingerprint density at radius 1 is 1.00 bits per heavy atom. The Labute approximate surface area is 79.3 Å². The van der Waals surface area contributed by atoms with Crippen molar-refractivity contribution in [1.29, 1.82) is 0 Å². The molecule has 0 aromatic carbocycles. The van der Waals surface area contributed by atoms with Crippen LogP contribution in [-0.4, -0.2) is 13.1 Å². The molecule has 0 saturated carbocycles. The van der Waals surface area contributed by atoms with E-state index < -0.39 is 0 Å². The number of halogens is 1. The van der Waals surface area contributed by atoms with E-state index in [2.05, 4.69) is 19.2 Å². The van der Waals surface area contributed by atoms with Gasteiger partial charge in [0.15, 0.2) is 0 Å². The van der Waals surface area contributed by atoms with Crippen LogP contribution in [0.2, 0.25) is 0 Å². The fraction of sp³-hybridized carbons (Fsp3) is 1.00. The second kappa shape index (κ2) is 16.0. The van der Waals surface area contributed by atoms with E-state index >= 15 is 0 Å². The van der Waals surface area contributed by atoms with E-state index in [1.807, 2.05) is 0 Å². The van der Waals surface area contributed by atoms with Gasteiger partial charge in [-0.3, -0.25) is 0 Å². The van der Waals surface area contributed by atoms with Crippen LogP contribution in [0.1, 0.15) is 26.7 Å². The standard InChI is InChI=1S/C6H14N.ClH.Ti/c1-3-5-7-6-4-2;;/h3-6H2,1-2H3;1H;/q-1;;. The summed E-state index contributed by atoms with van der Waals surface area (Å²) < 4.78 is 0. The van der Waals surface area contributed by atoms with E-state index in [-0.39, 0.29) is 34.1 Å². The van der Waals surface area contributed by atoms with Gasteiger partial charge in [-0.05, 0) is 0 Å². The molecule has 1 nitrogen and oxygen atoms in total. The van der Waals surface area contributed by atoms with E-state index in [1.54, 1.807) is 0 Å². The van der Waals surface area contributed by atoms with Gasteiger partial charge in [-0.2, -0.15) is 0 Å². The number of hydrogen-bond acceptors (Lipinski definition) is 0. The van der Waals surface area contributed by atoms with Crippen LogP contribution >= 0.6 is 12.4 Å². The van der Waals surface area contributed by atoms with Gasteiger partial charge in [0.25, 0.3) is 0 Å². The largest absolute Gasteiger partial charge is 0.662 e.